The summed E-state index contributed by atoms with van der Waals surface area (Å²) >= 11 is 0. The molecule has 39 valence electrons. The average molecular weight is 172 g/mol. The van der Waals surface area contributed by atoms with E-state index in [1.165, 1.54) is 25.7 Å². The van der Waals surface area contributed by atoms with Crippen LogP contribution in [0.15, 0.2) is 0 Å². The van der Waals surface area contributed by atoms with Crippen molar-refractivity contribution in [3.05, 3.63) is 5.92 Å². The molecule has 1 fully saturated rings. The number of hydrogen-bond donors (Lipinski definition) is 0. The van der Waals surface area contributed by atoms with Crippen LogP contribution in [0.5, 0.6) is 0 Å². The second kappa shape index (κ2) is 4.03. The summed E-state index contributed by atoms with van der Waals surface area (Å²) in [5.41, 5.74) is 0. The summed E-state index contributed by atoms with van der Waals surface area (Å²) in [4.78, 5) is 0. The molecule has 7 heavy (non-hydrogen) atoms. The molecule has 0 nitrogen and oxygen atoms in total. The van der Waals surface area contributed by atoms with E-state index in [1.807, 2.05) is 0 Å². The minimum absolute atomic E-state index is 0. The first-order valence-electron chi connectivity index (χ1n) is 2.71. The summed E-state index contributed by atoms with van der Waals surface area (Å²) < 4.78 is 0. The first-order chi connectivity index (χ1) is 2.89. The first-order valence-corrected chi connectivity index (χ1v) is 2.71. The summed E-state index contributed by atoms with van der Waals surface area (Å²) in [6.45, 7) is 2.26. The molecule has 1 aliphatic carbocycles. The quantitative estimate of drug-likeness (QED) is 0.491. The van der Waals surface area contributed by atoms with E-state index in [0.29, 0.717) is 0 Å². The zero-order valence-corrected chi connectivity index (χ0v) is 7.74. The van der Waals surface area contributed by atoms with Gasteiger partial charge in [-0.05, 0) is 0 Å². The average Bonchev–Trinajstić information content (AvgIpc) is 1.86. The standard InChI is InChI=1S/C6H11.Y/c1-6-4-2-3-5-6;/h2-5H2,1H3;/q-1;. The molecule has 0 N–H and O–H groups in total. The van der Waals surface area contributed by atoms with Crippen molar-refractivity contribution < 1.29 is 32.7 Å². The van der Waals surface area contributed by atoms with Crippen LogP contribution in [0.1, 0.15) is 32.6 Å². The van der Waals surface area contributed by atoms with Gasteiger partial charge in [-0.3, -0.25) is 0 Å². The van der Waals surface area contributed by atoms with Crippen molar-refractivity contribution in [1.82, 2.24) is 0 Å². The largest absolute Gasteiger partial charge is 0.317 e. The molecule has 0 atom stereocenters. The van der Waals surface area contributed by atoms with E-state index in [-0.39, 0.29) is 32.7 Å². The number of hydrogen-bond acceptors (Lipinski definition) is 0. The smallest absolute Gasteiger partial charge is 0 e. The van der Waals surface area contributed by atoms with Gasteiger partial charge in [-0.25, -0.2) is 0 Å². The van der Waals surface area contributed by atoms with Gasteiger partial charge in [-0.15, -0.1) is 0 Å². The van der Waals surface area contributed by atoms with E-state index in [0.717, 1.165) is 0 Å². The molecule has 0 aromatic heterocycles. The van der Waals surface area contributed by atoms with Crippen molar-refractivity contribution in [2.75, 3.05) is 0 Å². The van der Waals surface area contributed by atoms with Crippen LogP contribution < -0.4 is 0 Å². The second-order valence-electron chi connectivity index (χ2n) is 2.16. The van der Waals surface area contributed by atoms with E-state index in [4.69, 9.17) is 0 Å². The fraction of sp³-hybridized carbons (Fsp3) is 0.833. The SMILES string of the molecule is C[C-]1CCCC1.[Y]. The van der Waals surface area contributed by atoms with E-state index in [9.17, 15) is 0 Å². The van der Waals surface area contributed by atoms with Gasteiger partial charge in [0.15, 0.2) is 0 Å². The fourth-order valence-electron chi connectivity index (χ4n) is 0.979. The normalized spacial score (nSPS) is 21.9. The Bertz CT molecular complexity index is 37.4. The molecular weight excluding hydrogens is 161 g/mol. The van der Waals surface area contributed by atoms with Crippen molar-refractivity contribution >= 4 is 0 Å². The Balaban J connectivity index is 0.000000360. The van der Waals surface area contributed by atoms with Gasteiger partial charge in [0.2, 0.25) is 0 Å². The summed E-state index contributed by atoms with van der Waals surface area (Å²) in [5, 5.41) is 0. The topological polar surface area (TPSA) is 0 Å². The fourth-order valence-corrected chi connectivity index (χ4v) is 0.979. The Kier molecular flexibility index (Phi) is 4.67. The second-order valence-corrected chi connectivity index (χ2v) is 2.16. The first kappa shape index (κ1) is 8.10. The monoisotopic (exact) mass is 172 g/mol. The Labute approximate surface area is 70.9 Å². The molecule has 1 aliphatic rings. The van der Waals surface area contributed by atoms with Crippen LogP contribution >= 0.6 is 0 Å². The summed E-state index contributed by atoms with van der Waals surface area (Å²) in [7, 11) is 0. The Morgan fingerprint density at radius 1 is 1.14 bits per heavy atom. The molecule has 0 aromatic rings. The van der Waals surface area contributed by atoms with Crippen LogP contribution in [0.2, 0.25) is 0 Å². The van der Waals surface area contributed by atoms with Crippen molar-refractivity contribution in [1.29, 1.82) is 0 Å². The molecule has 0 bridgehead atoms. The molecule has 0 saturated heterocycles. The predicted molar refractivity (Wildman–Crippen MR) is 27.4 cm³/mol. The van der Waals surface area contributed by atoms with Crippen LogP contribution in [0.25, 0.3) is 0 Å². The van der Waals surface area contributed by atoms with Gasteiger partial charge < -0.3 is 5.92 Å². The van der Waals surface area contributed by atoms with Gasteiger partial charge in [0.25, 0.3) is 0 Å². The van der Waals surface area contributed by atoms with Crippen molar-refractivity contribution in [2.45, 2.75) is 32.6 Å². The molecule has 0 aromatic carbocycles. The molecule has 0 unspecified atom stereocenters. The molecule has 0 heterocycles. The zero-order chi connectivity index (χ0) is 4.41. The minimum atomic E-state index is 0. The molecule has 1 radical (unpaired) electrons. The summed E-state index contributed by atoms with van der Waals surface area (Å²) in [5.74, 6) is 1.70. The van der Waals surface area contributed by atoms with E-state index in [2.05, 4.69) is 6.92 Å². The maximum atomic E-state index is 2.26. The summed E-state index contributed by atoms with van der Waals surface area (Å²) in [6.07, 6.45) is 5.71. The van der Waals surface area contributed by atoms with Crippen LogP contribution in [0.3, 0.4) is 0 Å². The Hall–Kier alpha value is 1.10. The molecular formula is C6H11Y-. The molecule has 1 rings (SSSR count). The van der Waals surface area contributed by atoms with Crippen LogP contribution in [0.4, 0.5) is 0 Å². The van der Waals surface area contributed by atoms with Crippen molar-refractivity contribution in [3.8, 4) is 0 Å². The van der Waals surface area contributed by atoms with E-state index < -0.39 is 0 Å². The third-order valence-electron chi connectivity index (χ3n) is 1.46. The van der Waals surface area contributed by atoms with Gasteiger partial charge in [0.05, 0.1) is 0 Å². The molecule has 1 saturated carbocycles. The summed E-state index contributed by atoms with van der Waals surface area (Å²) in [6, 6.07) is 0. The Morgan fingerprint density at radius 3 is 1.71 bits per heavy atom. The van der Waals surface area contributed by atoms with E-state index in [1.54, 1.807) is 5.92 Å². The predicted octanol–water partition coefficient (Wildman–Crippen LogP) is 2.15. The van der Waals surface area contributed by atoms with Crippen molar-refractivity contribution in [2.24, 2.45) is 0 Å². The maximum Gasteiger partial charge on any atom is 0 e. The zero-order valence-electron chi connectivity index (χ0n) is 4.91. The molecule has 0 aliphatic heterocycles. The van der Waals surface area contributed by atoms with Crippen molar-refractivity contribution in [3.63, 3.8) is 0 Å². The van der Waals surface area contributed by atoms with Crippen LogP contribution in [0, 0.1) is 5.92 Å². The van der Waals surface area contributed by atoms with Crippen LogP contribution in [-0.2, 0) is 32.7 Å². The third-order valence-corrected chi connectivity index (χ3v) is 1.46. The van der Waals surface area contributed by atoms with Gasteiger partial charge in [-0.1, -0.05) is 12.8 Å². The van der Waals surface area contributed by atoms with Gasteiger partial charge in [0, 0.05) is 32.7 Å². The number of rotatable bonds is 0. The van der Waals surface area contributed by atoms with Gasteiger partial charge in [0.1, 0.15) is 0 Å². The van der Waals surface area contributed by atoms with Gasteiger partial charge >= 0.3 is 0 Å². The molecule has 1 heteroatoms. The van der Waals surface area contributed by atoms with E-state index >= 15 is 0 Å². The minimum Gasteiger partial charge on any atom is -0.317 e. The third kappa shape index (κ3) is 2.82. The molecule has 0 spiro atoms. The molecule has 0 amide bonds. The van der Waals surface area contributed by atoms with Crippen LogP contribution in [-0.4, -0.2) is 0 Å². The maximum absolute atomic E-state index is 2.26. The Morgan fingerprint density at radius 2 is 1.57 bits per heavy atom. The van der Waals surface area contributed by atoms with Gasteiger partial charge in [-0.2, -0.15) is 19.8 Å².